The minimum atomic E-state index is -0.172. The van der Waals surface area contributed by atoms with Gasteiger partial charge in [0.25, 0.3) is 0 Å². The fourth-order valence-corrected chi connectivity index (χ4v) is 3.72. The van der Waals surface area contributed by atoms with Crippen molar-refractivity contribution in [1.29, 1.82) is 5.26 Å². The van der Waals surface area contributed by atoms with Crippen LogP contribution in [0.5, 0.6) is 0 Å². The number of nitrogens with one attached hydrogen (secondary N) is 1. The Bertz CT molecular complexity index is 1040. The van der Waals surface area contributed by atoms with Gasteiger partial charge < -0.3 is 5.32 Å². The number of thiazole rings is 1. The predicted octanol–water partition coefficient (Wildman–Crippen LogP) is 5.90. The fraction of sp³-hybridized carbons (Fsp3) is 0.0952. The molecule has 0 atom stereocenters. The molecule has 27 heavy (non-hydrogen) atoms. The molecule has 3 aromatic rings. The maximum atomic E-state index is 11.6. The van der Waals surface area contributed by atoms with Gasteiger partial charge in [-0.1, -0.05) is 69.2 Å². The number of aromatic nitrogens is 1. The molecule has 0 aliphatic carbocycles. The zero-order valence-corrected chi connectivity index (χ0v) is 17.2. The lowest BCUT2D eigenvalue weighted by atomic mass is 10.1. The van der Waals surface area contributed by atoms with Gasteiger partial charge in [-0.3, -0.25) is 4.79 Å². The largest absolute Gasteiger partial charge is 0.316 e. The van der Waals surface area contributed by atoms with Crippen molar-refractivity contribution in [2.75, 3.05) is 5.32 Å². The van der Waals surface area contributed by atoms with Crippen LogP contribution in [0.25, 0.3) is 22.9 Å². The SMILES string of the molecule is CC(=O)Nc1sc(C(C#N)=Cc2ccc(Br)cc2)nc1-c1ccc(C)cc1. The lowest BCUT2D eigenvalue weighted by Crippen LogP contribution is -2.05. The second kappa shape index (κ2) is 8.30. The van der Waals surface area contributed by atoms with E-state index in [0.29, 0.717) is 21.3 Å². The molecule has 0 aliphatic rings. The van der Waals surface area contributed by atoms with Gasteiger partial charge in [0.15, 0.2) is 0 Å². The lowest BCUT2D eigenvalue weighted by molar-refractivity contribution is -0.114. The van der Waals surface area contributed by atoms with Crippen molar-refractivity contribution in [1.82, 2.24) is 4.98 Å². The number of allylic oxidation sites excluding steroid dienone is 1. The second-order valence-corrected chi connectivity index (χ2v) is 7.88. The van der Waals surface area contributed by atoms with E-state index >= 15 is 0 Å². The van der Waals surface area contributed by atoms with Crippen LogP contribution in [-0.4, -0.2) is 10.9 Å². The molecule has 134 valence electrons. The molecule has 1 N–H and O–H groups in total. The highest BCUT2D eigenvalue weighted by Crippen LogP contribution is 2.36. The molecule has 0 bridgehead atoms. The standard InChI is InChI=1S/C21H16BrN3OS/c1-13-3-7-16(8-4-13)19-21(24-14(2)26)27-20(25-19)17(12-23)11-15-5-9-18(22)10-6-15/h3-11H,1-2H3,(H,24,26). The topological polar surface area (TPSA) is 65.8 Å². The Balaban J connectivity index is 2.06. The summed E-state index contributed by atoms with van der Waals surface area (Å²) in [6, 6.07) is 17.8. The van der Waals surface area contributed by atoms with Crippen LogP contribution in [0.15, 0.2) is 53.0 Å². The first-order valence-corrected chi connectivity index (χ1v) is 9.80. The Hall–Kier alpha value is -2.75. The number of nitrogens with zero attached hydrogens (tertiary/aromatic N) is 2. The Morgan fingerprint density at radius 2 is 1.85 bits per heavy atom. The zero-order chi connectivity index (χ0) is 19.4. The average Bonchev–Trinajstić information content (AvgIpc) is 3.04. The highest BCUT2D eigenvalue weighted by molar-refractivity contribution is 9.10. The number of anilines is 1. The van der Waals surface area contributed by atoms with Crippen molar-refractivity contribution in [3.05, 3.63) is 69.1 Å². The van der Waals surface area contributed by atoms with Gasteiger partial charge in [-0.15, -0.1) is 0 Å². The highest BCUT2D eigenvalue weighted by Gasteiger charge is 2.17. The first-order valence-electron chi connectivity index (χ1n) is 8.19. The van der Waals surface area contributed by atoms with E-state index in [4.69, 9.17) is 0 Å². The Kier molecular flexibility index (Phi) is 5.84. The van der Waals surface area contributed by atoms with E-state index in [1.165, 1.54) is 18.3 Å². The number of hydrogen-bond acceptors (Lipinski definition) is 4. The first-order chi connectivity index (χ1) is 13.0. The van der Waals surface area contributed by atoms with Crippen LogP contribution in [0.4, 0.5) is 5.00 Å². The van der Waals surface area contributed by atoms with Crippen LogP contribution in [0.1, 0.15) is 23.1 Å². The number of aryl methyl sites for hydroxylation is 1. The Morgan fingerprint density at radius 1 is 1.19 bits per heavy atom. The van der Waals surface area contributed by atoms with Crippen molar-refractivity contribution in [3.63, 3.8) is 0 Å². The molecule has 0 aliphatic heterocycles. The smallest absolute Gasteiger partial charge is 0.221 e. The van der Waals surface area contributed by atoms with E-state index in [1.54, 1.807) is 6.08 Å². The number of carbonyl (C=O) groups is 1. The van der Waals surface area contributed by atoms with E-state index in [-0.39, 0.29) is 5.91 Å². The van der Waals surface area contributed by atoms with Gasteiger partial charge in [0.1, 0.15) is 21.8 Å². The van der Waals surface area contributed by atoms with Gasteiger partial charge in [-0.25, -0.2) is 4.98 Å². The van der Waals surface area contributed by atoms with Crippen molar-refractivity contribution < 1.29 is 4.79 Å². The number of hydrogen-bond donors (Lipinski definition) is 1. The molecule has 0 unspecified atom stereocenters. The van der Waals surface area contributed by atoms with E-state index in [9.17, 15) is 10.1 Å². The van der Waals surface area contributed by atoms with E-state index in [1.807, 2.05) is 55.5 Å². The number of halogens is 1. The van der Waals surface area contributed by atoms with Crippen LogP contribution in [-0.2, 0) is 4.79 Å². The minimum absolute atomic E-state index is 0.172. The quantitative estimate of drug-likeness (QED) is 0.516. The molecular formula is C21H16BrN3OS. The monoisotopic (exact) mass is 437 g/mol. The van der Waals surface area contributed by atoms with Crippen LogP contribution >= 0.6 is 27.3 Å². The lowest BCUT2D eigenvalue weighted by Gasteiger charge is -2.03. The van der Waals surface area contributed by atoms with Gasteiger partial charge in [0.05, 0.1) is 5.57 Å². The van der Waals surface area contributed by atoms with Crippen molar-refractivity contribution in [2.24, 2.45) is 0 Å². The average molecular weight is 438 g/mol. The molecule has 0 saturated heterocycles. The number of amides is 1. The van der Waals surface area contributed by atoms with Crippen molar-refractivity contribution >= 4 is 49.8 Å². The third-order valence-electron chi connectivity index (χ3n) is 3.77. The molecule has 1 aromatic heterocycles. The van der Waals surface area contributed by atoms with Crippen LogP contribution in [0, 0.1) is 18.3 Å². The molecule has 0 saturated carbocycles. The number of benzene rings is 2. The Labute approximate surface area is 170 Å². The molecule has 1 amide bonds. The van der Waals surface area contributed by atoms with Crippen LogP contribution in [0.2, 0.25) is 0 Å². The zero-order valence-electron chi connectivity index (χ0n) is 14.8. The van der Waals surface area contributed by atoms with Gasteiger partial charge >= 0.3 is 0 Å². The molecular weight excluding hydrogens is 422 g/mol. The van der Waals surface area contributed by atoms with E-state index in [0.717, 1.165) is 21.2 Å². The first kappa shape index (κ1) is 19.0. The maximum absolute atomic E-state index is 11.6. The minimum Gasteiger partial charge on any atom is -0.316 e. The van der Waals surface area contributed by atoms with Gasteiger partial charge in [0, 0.05) is 17.0 Å². The van der Waals surface area contributed by atoms with Crippen LogP contribution < -0.4 is 5.32 Å². The molecule has 1 heterocycles. The molecule has 0 radical (unpaired) electrons. The molecule has 2 aromatic carbocycles. The summed E-state index contributed by atoms with van der Waals surface area (Å²) in [5.74, 6) is -0.172. The fourth-order valence-electron chi connectivity index (χ4n) is 2.45. The molecule has 0 fully saturated rings. The summed E-state index contributed by atoms with van der Waals surface area (Å²) in [7, 11) is 0. The number of rotatable bonds is 4. The van der Waals surface area contributed by atoms with Gasteiger partial charge in [-0.05, 0) is 30.7 Å². The summed E-state index contributed by atoms with van der Waals surface area (Å²) in [6.45, 7) is 3.47. The third-order valence-corrected chi connectivity index (χ3v) is 5.31. The molecule has 6 heteroatoms. The third kappa shape index (κ3) is 4.70. The maximum Gasteiger partial charge on any atom is 0.221 e. The summed E-state index contributed by atoms with van der Waals surface area (Å²) in [5.41, 5.74) is 4.06. The summed E-state index contributed by atoms with van der Waals surface area (Å²) in [4.78, 5) is 16.3. The van der Waals surface area contributed by atoms with E-state index < -0.39 is 0 Å². The number of carbonyl (C=O) groups excluding carboxylic acids is 1. The molecule has 3 rings (SSSR count). The van der Waals surface area contributed by atoms with Crippen molar-refractivity contribution in [2.45, 2.75) is 13.8 Å². The summed E-state index contributed by atoms with van der Waals surface area (Å²) < 4.78 is 0.974. The van der Waals surface area contributed by atoms with Gasteiger partial charge in [-0.2, -0.15) is 5.26 Å². The van der Waals surface area contributed by atoms with E-state index in [2.05, 4.69) is 32.3 Å². The predicted molar refractivity (Wildman–Crippen MR) is 114 cm³/mol. The normalized spacial score (nSPS) is 11.1. The highest BCUT2D eigenvalue weighted by atomic mass is 79.9. The van der Waals surface area contributed by atoms with Gasteiger partial charge in [0.2, 0.25) is 5.91 Å². The number of nitriles is 1. The van der Waals surface area contributed by atoms with Crippen LogP contribution in [0.3, 0.4) is 0 Å². The summed E-state index contributed by atoms with van der Waals surface area (Å²) >= 11 is 4.70. The second-order valence-electron chi connectivity index (χ2n) is 5.97. The summed E-state index contributed by atoms with van der Waals surface area (Å²) in [5, 5.41) is 13.7. The van der Waals surface area contributed by atoms with Crippen molar-refractivity contribution in [3.8, 4) is 17.3 Å². The summed E-state index contributed by atoms with van der Waals surface area (Å²) in [6.07, 6.45) is 1.79. The molecule has 4 nitrogen and oxygen atoms in total. The molecule has 0 spiro atoms. The Morgan fingerprint density at radius 3 is 2.44 bits per heavy atom.